The van der Waals surface area contributed by atoms with Crippen molar-refractivity contribution in [2.45, 2.75) is 65.7 Å². The number of nitrogens with zero attached hydrogens (tertiary/aromatic N) is 2. The maximum Gasteiger partial charge on any atom is 0.222 e. The van der Waals surface area contributed by atoms with Crippen LogP contribution in [-0.2, 0) is 17.9 Å². The van der Waals surface area contributed by atoms with Crippen LogP contribution in [0.2, 0.25) is 0 Å². The van der Waals surface area contributed by atoms with E-state index in [9.17, 15) is 4.79 Å². The third-order valence-corrected chi connectivity index (χ3v) is 2.58. The maximum atomic E-state index is 11.8. The molecule has 0 saturated heterocycles. The van der Waals surface area contributed by atoms with E-state index in [0.29, 0.717) is 19.0 Å². The summed E-state index contributed by atoms with van der Waals surface area (Å²) in [4.78, 5) is 15.9. The first-order chi connectivity index (χ1) is 8.78. The second-order valence-electron chi connectivity index (χ2n) is 6.16. The SMILES string of the molecule is CC(C)NCc1cncn1CCC(=O)NC(C)(C)C. The zero-order valence-corrected chi connectivity index (χ0v) is 12.7. The Kier molecular flexibility index (Phi) is 5.54. The van der Waals surface area contributed by atoms with Gasteiger partial charge in [-0.1, -0.05) is 13.8 Å². The molecule has 0 radical (unpaired) electrons. The van der Waals surface area contributed by atoms with Crippen molar-refractivity contribution in [1.82, 2.24) is 20.2 Å². The Morgan fingerprint density at radius 2 is 2.11 bits per heavy atom. The molecule has 1 aromatic heterocycles. The molecule has 0 aliphatic rings. The molecule has 1 rings (SSSR count). The molecular formula is C14H26N4O. The summed E-state index contributed by atoms with van der Waals surface area (Å²) in [6, 6.07) is 0.438. The Labute approximate surface area is 115 Å². The summed E-state index contributed by atoms with van der Waals surface area (Å²) in [6.45, 7) is 11.6. The smallest absolute Gasteiger partial charge is 0.222 e. The van der Waals surface area contributed by atoms with Crippen molar-refractivity contribution < 1.29 is 4.79 Å². The highest BCUT2D eigenvalue weighted by atomic mass is 16.1. The summed E-state index contributed by atoms with van der Waals surface area (Å²) in [5.74, 6) is 0.0731. The molecule has 0 saturated carbocycles. The fourth-order valence-corrected chi connectivity index (χ4v) is 1.71. The van der Waals surface area contributed by atoms with Gasteiger partial charge in [-0.25, -0.2) is 4.98 Å². The van der Waals surface area contributed by atoms with Crippen LogP contribution in [0.15, 0.2) is 12.5 Å². The number of aromatic nitrogens is 2. The van der Waals surface area contributed by atoms with Gasteiger partial charge in [0, 0.05) is 37.3 Å². The van der Waals surface area contributed by atoms with E-state index in [0.717, 1.165) is 12.2 Å². The Balaban J connectivity index is 2.45. The molecule has 0 aliphatic heterocycles. The molecule has 5 heteroatoms. The average Bonchev–Trinajstić information content (AvgIpc) is 2.68. The molecule has 1 aromatic rings. The van der Waals surface area contributed by atoms with Crippen molar-refractivity contribution >= 4 is 5.91 Å². The van der Waals surface area contributed by atoms with E-state index in [4.69, 9.17) is 0 Å². The first kappa shape index (κ1) is 15.7. The van der Waals surface area contributed by atoms with E-state index >= 15 is 0 Å². The maximum absolute atomic E-state index is 11.8. The molecule has 0 bridgehead atoms. The molecule has 2 N–H and O–H groups in total. The number of carbonyl (C=O) groups is 1. The van der Waals surface area contributed by atoms with Crippen LogP contribution in [0.1, 0.15) is 46.7 Å². The van der Waals surface area contributed by atoms with Crippen LogP contribution in [0.4, 0.5) is 0 Å². The van der Waals surface area contributed by atoms with Crippen LogP contribution in [0.25, 0.3) is 0 Å². The summed E-state index contributed by atoms with van der Waals surface area (Å²) in [5, 5.41) is 6.32. The van der Waals surface area contributed by atoms with Gasteiger partial charge >= 0.3 is 0 Å². The molecule has 0 aliphatic carbocycles. The van der Waals surface area contributed by atoms with Crippen LogP contribution in [-0.4, -0.2) is 27.0 Å². The molecule has 19 heavy (non-hydrogen) atoms. The number of hydrogen-bond acceptors (Lipinski definition) is 3. The normalized spacial score (nSPS) is 11.9. The van der Waals surface area contributed by atoms with Crippen LogP contribution >= 0.6 is 0 Å². The van der Waals surface area contributed by atoms with Crippen molar-refractivity contribution in [3.05, 3.63) is 18.2 Å². The van der Waals surface area contributed by atoms with Crippen LogP contribution in [0.5, 0.6) is 0 Å². The minimum atomic E-state index is -0.173. The zero-order chi connectivity index (χ0) is 14.5. The molecule has 0 aromatic carbocycles. The molecule has 0 atom stereocenters. The van der Waals surface area contributed by atoms with Gasteiger partial charge < -0.3 is 15.2 Å². The van der Waals surface area contributed by atoms with Gasteiger partial charge in [-0.15, -0.1) is 0 Å². The van der Waals surface area contributed by atoms with Crippen molar-refractivity contribution in [3.8, 4) is 0 Å². The van der Waals surface area contributed by atoms with E-state index in [-0.39, 0.29) is 11.4 Å². The first-order valence-electron chi connectivity index (χ1n) is 6.81. The molecule has 0 spiro atoms. The van der Waals surface area contributed by atoms with E-state index in [1.54, 1.807) is 6.33 Å². The fraction of sp³-hybridized carbons (Fsp3) is 0.714. The van der Waals surface area contributed by atoms with E-state index < -0.39 is 0 Å². The monoisotopic (exact) mass is 266 g/mol. The Hall–Kier alpha value is -1.36. The molecular weight excluding hydrogens is 240 g/mol. The minimum Gasteiger partial charge on any atom is -0.351 e. The van der Waals surface area contributed by atoms with Crippen molar-refractivity contribution in [1.29, 1.82) is 0 Å². The van der Waals surface area contributed by atoms with Crippen LogP contribution in [0.3, 0.4) is 0 Å². The summed E-state index contributed by atoms with van der Waals surface area (Å²) in [5.41, 5.74) is 0.936. The highest BCUT2D eigenvalue weighted by molar-refractivity contribution is 5.76. The first-order valence-corrected chi connectivity index (χ1v) is 6.81. The van der Waals surface area contributed by atoms with E-state index in [1.165, 1.54) is 0 Å². The molecule has 0 fully saturated rings. The van der Waals surface area contributed by atoms with Crippen LogP contribution in [0, 0.1) is 0 Å². The van der Waals surface area contributed by atoms with E-state index in [2.05, 4.69) is 29.5 Å². The van der Waals surface area contributed by atoms with Crippen molar-refractivity contribution in [2.75, 3.05) is 0 Å². The van der Waals surface area contributed by atoms with Gasteiger partial charge in [-0.3, -0.25) is 4.79 Å². The van der Waals surface area contributed by atoms with Crippen molar-refractivity contribution in [2.24, 2.45) is 0 Å². The quantitative estimate of drug-likeness (QED) is 0.823. The summed E-state index contributed by atoms with van der Waals surface area (Å²) >= 11 is 0. The molecule has 0 unspecified atom stereocenters. The lowest BCUT2D eigenvalue weighted by atomic mass is 10.1. The predicted octanol–water partition coefficient (Wildman–Crippen LogP) is 1.69. The molecule has 1 amide bonds. The van der Waals surface area contributed by atoms with Gasteiger partial charge in [0.2, 0.25) is 5.91 Å². The number of nitrogens with one attached hydrogen (secondary N) is 2. The lowest BCUT2D eigenvalue weighted by Crippen LogP contribution is -2.40. The summed E-state index contributed by atoms with van der Waals surface area (Å²) in [7, 11) is 0. The van der Waals surface area contributed by atoms with Gasteiger partial charge in [0.05, 0.1) is 12.0 Å². The van der Waals surface area contributed by atoms with Crippen molar-refractivity contribution in [3.63, 3.8) is 0 Å². The number of rotatable bonds is 6. The van der Waals surface area contributed by atoms with Gasteiger partial charge in [0.15, 0.2) is 0 Å². The summed E-state index contributed by atoms with van der Waals surface area (Å²) in [6.07, 6.45) is 4.10. The molecule has 1 heterocycles. The average molecular weight is 266 g/mol. The Morgan fingerprint density at radius 1 is 1.42 bits per heavy atom. The second-order valence-corrected chi connectivity index (χ2v) is 6.16. The van der Waals surface area contributed by atoms with Gasteiger partial charge in [-0.2, -0.15) is 0 Å². The van der Waals surface area contributed by atoms with Gasteiger partial charge in [-0.05, 0) is 20.8 Å². The van der Waals surface area contributed by atoms with E-state index in [1.807, 2.05) is 31.5 Å². The standard InChI is InChI=1S/C14H26N4O/c1-11(2)16-9-12-8-15-10-18(12)7-6-13(19)17-14(3,4)5/h8,10-11,16H,6-7,9H2,1-5H3,(H,17,19). The van der Waals surface area contributed by atoms with Gasteiger partial charge in [0.25, 0.3) is 0 Å². The lowest BCUT2D eigenvalue weighted by Gasteiger charge is -2.20. The van der Waals surface area contributed by atoms with Gasteiger partial charge in [0.1, 0.15) is 0 Å². The Morgan fingerprint density at radius 3 is 2.68 bits per heavy atom. The zero-order valence-electron chi connectivity index (χ0n) is 12.7. The highest BCUT2D eigenvalue weighted by Gasteiger charge is 2.13. The number of imidazole rings is 1. The molecule has 108 valence electrons. The Bertz CT molecular complexity index is 404. The third kappa shape index (κ3) is 6.38. The number of amides is 1. The van der Waals surface area contributed by atoms with Crippen LogP contribution < -0.4 is 10.6 Å². The largest absolute Gasteiger partial charge is 0.351 e. The molecule has 5 nitrogen and oxygen atoms in total. The lowest BCUT2D eigenvalue weighted by molar-refractivity contribution is -0.122. The third-order valence-electron chi connectivity index (χ3n) is 2.58. The minimum absolute atomic E-state index is 0.0731. The summed E-state index contributed by atoms with van der Waals surface area (Å²) < 4.78 is 2.03. The second kappa shape index (κ2) is 6.70. The topological polar surface area (TPSA) is 59.0 Å². The predicted molar refractivity (Wildman–Crippen MR) is 76.7 cm³/mol. The fourth-order valence-electron chi connectivity index (χ4n) is 1.71. The number of hydrogen-bond donors (Lipinski definition) is 2. The number of carbonyl (C=O) groups excluding carboxylic acids is 1. The highest BCUT2D eigenvalue weighted by Crippen LogP contribution is 2.03. The number of aryl methyl sites for hydroxylation is 1.